The molecule has 2 heterocycles. The Bertz CT molecular complexity index is 834. The smallest absolute Gasteiger partial charge is 0.414 e. The number of fused-ring (bicyclic) bond motifs is 1. The Morgan fingerprint density at radius 1 is 1.07 bits per heavy atom. The van der Waals surface area contributed by atoms with Crippen LogP contribution in [0, 0.1) is 0 Å². The van der Waals surface area contributed by atoms with Crippen LogP contribution in [-0.4, -0.2) is 56.9 Å². The molecule has 8 nitrogen and oxygen atoms in total. The standard InChI is InChI=1S/C17H19N3O.C2H2O4/c1-19(14-15-7-3-2-4-8-15)11-12-21-17-13-16-9-5-6-10-20(16)18-17;3-1(4)2(5)6/h2-10,13H,11-12,14H2,1H3;(H,3,4)(H,5,6). The fourth-order valence-corrected chi connectivity index (χ4v) is 2.27. The molecule has 0 unspecified atom stereocenters. The maximum Gasteiger partial charge on any atom is 0.414 e. The van der Waals surface area contributed by atoms with Crippen LogP contribution in [0.15, 0.2) is 60.8 Å². The second-order valence-corrected chi connectivity index (χ2v) is 5.73. The minimum absolute atomic E-state index is 0.632. The van der Waals surface area contributed by atoms with E-state index in [0.29, 0.717) is 12.5 Å². The maximum absolute atomic E-state index is 9.10. The van der Waals surface area contributed by atoms with Crippen molar-refractivity contribution in [1.29, 1.82) is 0 Å². The molecule has 0 aliphatic heterocycles. The highest BCUT2D eigenvalue weighted by atomic mass is 16.5. The number of carboxylic acid groups (broad SMARTS) is 2. The molecule has 142 valence electrons. The van der Waals surface area contributed by atoms with E-state index in [4.69, 9.17) is 24.5 Å². The zero-order valence-electron chi connectivity index (χ0n) is 14.9. The Kier molecular flexibility index (Phi) is 7.33. The van der Waals surface area contributed by atoms with E-state index in [1.165, 1.54) is 5.56 Å². The summed E-state index contributed by atoms with van der Waals surface area (Å²) in [7, 11) is 2.10. The van der Waals surface area contributed by atoms with Gasteiger partial charge in [-0.25, -0.2) is 14.1 Å². The summed E-state index contributed by atoms with van der Waals surface area (Å²) in [6.45, 7) is 2.42. The molecule has 0 amide bonds. The van der Waals surface area contributed by atoms with Crippen molar-refractivity contribution in [3.8, 4) is 5.88 Å². The van der Waals surface area contributed by atoms with Crippen molar-refractivity contribution in [2.75, 3.05) is 20.2 Å². The normalized spacial score (nSPS) is 10.3. The van der Waals surface area contributed by atoms with Crippen LogP contribution in [0.5, 0.6) is 5.88 Å². The summed E-state index contributed by atoms with van der Waals surface area (Å²) in [6.07, 6.45) is 1.92. The van der Waals surface area contributed by atoms with Crippen LogP contribution in [-0.2, 0) is 16.1 Å². The van der Waals surface area contributed by atoms with E-state index in [-0.39, 0.29) is 0 Å². The number of benzene rings is 1. The van der Waals surface area contributed by atoms with Crippen molar-refractivity contribution in [2.24, 2.45) is 0 Å². The van der Waals surface area contributed by atoms with Gasteiger partial charge in [-0.05, 0) is 24.7 Å². The van der Waals surface area contributed by atoms with Gasteiger partial charge in [0.1, 0.15) is 6.61 Å². The highest BCUT2D eigenvalue weighted by molar-refractivity contribution is 6.27. The average Bonchev–Trinajstić information content (AvgIpc) is 3.05. The molecule has 0 atom stereocenters. The molecule has 3 aromatic rings. The number of pyridine rings is 1. The van der Waals surface area contributed by atoms with Gasteiger partial charge in [0.05, 0.1) is 5.52 Å². The molecule has 0 radical (unpaired) electrons. The first-order valence-corrected chi connectivity index (χ1v) is 8.21. The Balaban J connectivity index is 0.000000380. The number of carboxylic acids is 2. The van der Waals surface area contributed by atoms with Crippen molar-refractivity contribution in [3.05, 3.63) is 66.4 Å². The average molecular weight is 371 g/mol. The van der Waals surface area contributed by atoms with Crippen molar-refractivity contribution in [1.82, 2.24) is 14.5 Å². The molecule has 2 N–H and O–H groups in total. The minimum Gasteiger partial charge on any atom is -0.475 e. The van der Waals surface area contributed by atoms with Gasteiger partial charge in [0.15, 0.2) is 0 Å². The third-order valence-electron chi connectivity index (χ3n) is 3.55. The van der Waals surface area contributed by atoms with E-state index < -0.39 is 11.9 Å². The number of hydrogen-bond acceptors (Lipinski definition) is 5. The lowest BCUT2D eigenvalue weighted by Gasteiger charge is -2.16. The van der Waals surface area contributed by atoms with Crippen molar-refractivity contribution < 1.29 is 24.5 Å². The molecular formula is C19H21N3O5. The van der Waals surface area contributed by atoms with Crippen molar-refractivity contribution in [2.45, 2.75) is 6.54 Å². The number of rotatable bonds is 6. The zero-order valence-corrected chi connectivity index (χ0v) is 14.9. The third kappa shape index (κ3) is 6.79. The van der Waals surface area contributed by atoms with Gasteiger partial charge in [0.2, 0.25) is 5.88 Å². The van der Waals surface area contributed by atoms with E-state index >= 15 is 0 Å². The molecule has 0 bridgehead atoms. The Morgan fingerprint density at radius 2 is 1.74 bits per heavy atom. The predicted octanol–water partition coefficient (Wildman–Crippen LogP) is 2.00. The van der Waals surface area contributed by atoms with Crippen LogP contribution in [0.1, 0.15) is 5.56 Å². The highest BCUT2D eigenvalue weighted by Gasteiger charge is 2.04. The summed E-state index contributed by atoms with van der Waals surface area (Å²) in [6, 6.07) is 18.4. The number of nitrogens with zero attached hydrogens (tertiary/aromatic N) is 3. The first-order valence-electron chi connectivity index (χ1n) is 8.21. The zero-order chi connectivity index (χ0) is 19.6. The van der Waals surface area contributed by atoms with E-state index in [2.05, 4.69) is 41.3 Å². The molecular weight excluding hydrogens is 350 g/mol. The summed E-state index contributed by atoms with van der Waals surface area (Å²) in [5, 5.41) is 19.2. The highest BCUT2D eigenvalue weighted by Crippen LogP contribution is 2.12. The summed E-state index contributed by atoms with van der Waals surface area (Å²) >= 11 is 0. The van der Waals surface area contributed by atoms with Crippen LogP contribution >= 0.6 is 0 Å². The fourth-order valence-electron chi connectivity index (χ4n) is 2.27. The van der Waals surface area contributed by atoms with E-state index in [1.807, 2.05) is 41.0 Å². The van der Waals surface area contributed by atoms with Crippen LogP contribution in [0.4, 0.5) is 0 Å². The molecule has 1 aromatic carbocycles. The van der Waals surface area contributed by atoms with Gasteiger partial charge in [-0.2, -0.15) is 0 Å². The minimum atomic E-state index is -1.82. The maximum atomic E-state index is 9.10. The second-order valence-electron chi connectivity index (χ2n) is 5.73. The first kappa shape index (κ1) is 19.9. The Hall–Kier alpha value is -3.39. The van der Waals surface area contributed by atoms with E-state index in [0.717, 1.165) is 18.6 Å². The van der Waals surface area contributed by atoms with Gasteiger partial charge in [-0.15, -0.1) is 5.10 Å². The van der Waals surface area contributed by atoms with Gasteiger partial charge in [0, 0.05) is 25.4 Å². The SMILES string of the molecule is CN(CCOc1cc2ccccn2n1)Cc1ccccc1.O=C(O)C(=O)O. The number of likely N-dealkylation sites (N-methyl/N-ethyl adjacent to an activating group) is 1. The van der Waals surface area contributed by atoms with Gasteiger partial charge in [0.25, 0.3) is 0 Å². The largest absolute Gasteiger partial charge is 0.475 e. The molecule has 2 aromatic heterocycles. The van der Waals surface area contributed by atoms with Crippen molar-refractivity contribution in [3.63, 3.8) is 0 Å². The quantitative estimate of drug-likeness (QED) is 0.639. The fraction of sp³-hybridized carbons (Fsp3) is 0.211. The topological polar surface area (TPSA) is 104 Å². The molecule has 27 heavy (non-hydrogen) atoms. The number of carbonyl (C=O) groups is 2. The van der Waals surface area contributed by atoms with Crippen molar-refractivity contribution >= 4 is 17.5 Å². The molecule has 8 heteroatoms. The summed E-state index contributed by atoms with van der Waals surface area (Å²) < 4.78 is 7.55. The number of ether oxygens (including phenoxy) is 1. The van der Waals surface area contributed by atoms with Gasteiger partial charge in [-0.3, -0.25) is 4.90 Å². The third-order valence-corrected chi connectivity index (χ3v) is 3.55. The second kappa shape index (κ2) is 9.93. The Labute approximate surface area is 156 Å². The van der Waals surface area contributed by atoms with E-state index in [9.17, 15) is 0 Å². The molecule has 0 saturated carbocycles. The van der Waals surface area contributed by atoms with Crippen LogP contribution in [0.3, 0.4) is 0 Å². The lowest BCUT2D eigenvalue weighted by atomic mass is 10.2. The Morgan fingerprint density at radius 3 is 2.37 bits per heavy atom. The predicted molar refractivity (Wildman–Crippen MR) is 98.7 cm³/mol. The summed E-state index contributed by atoms with van der Waals surface area (Å²) in [4.78, 5) is 20.4. The number of aromatic nitrogens is 2. The van der Waals surface area contributed by atoms with Gasteiger partial charge < -0.3 is 14.9 Å². The molecule has 0 fully saturated rings. The van der Waals surface area contributed by atoms with Gasteiger partial charge in [-0.1, -0.05) is 36.4 Å². The molecule has 0 spiro atoms. The monoisotopic (exact) mass is 371 g/mol. The van der Waals surface area contributed by atoms with Crippen LogP contribution < -0.4 is 4.74 Å². The van der Waals surface area contributed by atoms with Gasteiger partial charge >= 0.3 is 11.9 Å². The van der Waals surface area contributed by atoms with Crippen LogP contribution in [0.2, 0.25) is 0 Å². The van der Waals surface area contributed by atoms with E-state index in [1.54, 1.807) is 0 Å². The van der Waals surface area contributed by atoms with Crippen LogP contribution in [0.25, 0.3) is 5.52 Å². The molecule has 0 aliphatic rings. The lowest BCUT2D eigenvalue weighted by Crippen LogP contribution is -2.23. The molecule has 0 saturated heterocycles. The molecule has 0 aliphatic carbocycles. The number of aliphatic carboxylic acids is 2. The summed E-state index contributed by atoms with van der Waals surface area (Å²) in [5.74, 6) is -2.97. The number of hydrogen-bond donors (Lipinski definition) is 2. The molecule has 3 rings (SSSR count). The summed E-state index contributed by atoms with van der Waals surface area (Å²) in [5.41, 5.74) is 2.36. The lowest BCUT2D eigenvalue weighted by molar-refractivity contribution is -0.159. The first-order chi connectivity index (χ1) is 13.0.